The molecule has 2 heteroatoms. The van der Waals surface area contributed by atoms with Crippen LogP contribution in [0, 0.1) is 18.8 Å². The first kappa shape index (κ1) is 15.4. The Morgan fingerprint density at radius 3 is 2.11 bits per heavy atom. The zero-order chi connectivity index (χ0) is 13.7. The van der Waals surface area contributed by atoms with Gasteiger partial charge in [-0.25, -0.2) is 0 Å². The SMILES string of the molecule is Cc1ccc(Cl)c(NC(CC(C)C)CC(C)C)c1. The van der Waals surface area contributed by atoms with E-state index in [2.05, 4.69) is 46.0 Å². The van der Waals surface area contributed by atoms with Gasteiger partial charge in [-0.3, -0.25) is 0 Å². The minimum atomic E-state index is 0.504. The van der Waals surface area contributed by atoms with Gasteiger partial charge in [0.2, 0.25) is 0 Å². The normalized spacial score (nSPS) is 11.6. The monoisotopic (exact) mass is 267 g/mol. The smallest absolute Gasteiger partial charge is 0.0637 e. The zero-order valence-corrected chi connectivity index (χ0v) is 13.0. The van der Waals surface area contributed by atoms with Gasteiger partial charge >= 0.3 is 0 Å². The van der Waals surface area contributed by atoms with Crippen LogP contribution in [0.1, 0.15) is 46.1 Å². The minimum absolute atomic E-state index is 0.504. The molecule has 1 nitrogen and oxygen atoms in total. The molecule has 0 heterocycles. The summed E-state index contributed by atoms with van der Waals surface area (Å²) in [4.78, 5) is 0. The Morgan fingerprint density at radius 1 is 1.06 bits per heavy atom. The third-order valence-electron chi connectivity index (χ3n) is 2.99. The number of anilines is 1. The summed E-state index contributed by atoms with van der Waals surface area (Å²) in [7, 11) is 0. The van der Waals surface area contributed by atoms with E-state index in [1.165, 1.54) is 18.4 Å². The molecule has 0 aliphatic heterocycles. The standard InChI is InChI=1S/C16H26ClN/c1-11(2)8-14(9-12(3)4)18-16-10-13(5)6-7-15(16)17/h6-7,10-12,14,18H,8-9H2,1-5H3. The molecule has 1 aromatic carbocycles. The molecular weight excluding hydrogens is 242 g/mol. The van der Waals surface area contributed by atoms with Crippen LogP contribution in [0.5, 0.6) is 0 Å². The highest BCUT2D eigenvalue weighted by atomic mass is 35.5. The minimum Gasteiger partial charge on any atom is -0.381 e. The van der Waals surface area contributed by atoms with Gasteiger partial charge in [0.15, 0.2) is 0 Å². The number of benzene rings is 1. The van der Waals surface area contributed by atoms with Crippen LogP contribution in [0.25, 0.3) is 0 Å². The van der Waals surface area contributed by atoms with Crippen molar-refractivity contribution in [2.45, 2.75) is 53.5 Å². The molecule has 1 aromatic rings. The van der Waals surface area contributed by atoms with Crippen LogP contribution in [0.4, 0.5) is 5.69 Å². The van der Waals surface area contributed by atoms with Crippen LogP contribution in [0.15, 0.2) is 18.2 Å². The average Bonchev–Trinajstić information content (AvgIpc) is 2.21. The lowest BCUT2D eigenvalue weighted by Crippen LogP contribution is -2.23. The fourth-order valence-corrected chi connectivity index (χ4v) is 2.49. The van der Waals surface area contributed by atoms with E-state index in [-0.39, 0.29) is 0 Å². The predicted octanol–water partition coefficient (Wildman–Crippen LogP) is 5.52. The molecule has 1 N–H and O–H groups in total. The van der Waals surface area contributed by atoms with Gasteiger partial charge in [-0.05, 0) is 49.3 Å². The van der Waals surface area contributed by atoms with Crippen LogP contribution >= 0.6 is 11.6 Å². The molecule has 1 rings (SSSR count). The molecule has 0 fully saturated rings. The van der Waals surface area contributed by atoms with Crippen molar-refractivity contribution < 1.29 is 0 Å². The summed E-state index contributed by atoms with van der Waals surface area (Å²) in [5, 5.41) is 4.44. The summed E-state index contributed by atoms with van der Waals surface area (Å²) in [6.07, 6.45) is 2.37. The van der Waals surface area contributed by atoms with E-state index in [0.29, 0.717) is 17.9 Å². The van der Waals surface area contributed by atoms with Crippen LogP contribution in [0.3, 0.4) is 0 Å². The van der Waals surface area contributed by atoms with E-state index < -0.39 is 0 Å². The molecule has 0 aliphatic carbocycles. The number of hydrogen-bond acceptors (Lipinski definition) is 1. The third kappa shape index (κ3) is 5.30. The summed E-state index contributed by atoms with van der Waals surface area (Å²) < 4.78 is 0. The van der Waals surface area contributed by atoms with Crippen molar-refractivity contribution in [3.05, 3.63) is 28.8 Å². The predicted molar refractivity (Wildman–Crippen MR) is 82.5 cm³/mol. The number of halogens is 1. The van der Waals surface area contributed by atoms with E-state index in [0.717, 1.165) is 10.7 Å². The molecule has 102 valence electrons. The maximum absolute atomic E-state index is 6.25. The molecule has 0 amide bonds. The quantitative estimate of drug-likeness (QED) is 0.715. The lowest BCUT2D eigenvalue weighted by Gasteiger charge is -2.24. The Kier molecular flexibility index (Phi) is 6.01. The van der Waals surface area contributed by atoms with Crippen molar-refractivity contribution in [3.63, 3.8) is 0 Å². The molecule has 0 bridgehead atoms. The Balaban J connectivity index is 2.77. The summed E-state index contributed by atoms with van der Waals surface area (Å²) in [5.74, 6) is 1.40. The van der Waals surface area contributed by atoms with Gasteiger partial charge in [-0.2, -0.15) is 0 Å². The molecule has 0 aliphatic rings. The Morgan fingerprint density at radius 2 is 1.61 bits per heavy atom. The molecular formula is C16H26ClN. The average molecular weight is 268 g/mol. The molecule has 0 spiro atoms. The van der Waals surface area contributed by atoms with Crippen LogP contribution in [-0.2, 0) is 0 Å². The van der Waals surface area contributed by atoms with Crippen LogP contribution in [0.2, 0.25) is 5.02 Å². The maximum atomic E-state index is 6.25. The number of rotatable bonds is 6. The van der Waals surface area contributed by atoms with Crippen LogP contribution in [-0.4, -0.2) is 6.04 Å². The van der Waals surface area contributed by atoms with E-state index in [9.17, 15) is 0 Å². The zero-order valence-electron chi connectivity index (χ0n) is 12.3. The van der Waals surface area contributed by atoms with Gasteiger partial charge in [0.25, 0.3) is 0 Å². The van der Waals surface area contributed by atoms with E-state index in [1.807, 2.05) is 12.1 Å². The highest BCUT2D eigenvalue weighted by Crippen LogP contribution is 2.26. The molecule has 0 aromatic heterocycles. The highest BCUT2D eigenvalue weighted by molar-refractivity contribution is 6.33. The van der Waals surface area contributed by atoms with Gasteiger partial charge < -0.3 is 5.32 Å². The van der Waals surface area contributed by atoms with Crippen molar-refractivity contribution in [1.82, 2.24) is 0 Å². The maximum Gasteiger partial charge on any atom is 0.0637 e. The van der Waals surface area contributed by atoms with Gasteiger partial charge in [0.1, 0.15) is 0 Å². The Bertz CT molecular complexity index is 361. The fraction of sp³-hybridized carbons (Fsp3) is 0.625. The van der Waals surface area contributed by atoms with E-state index in [4.69, 9.17) is 11.6 Å². The van der Waals surface area contributed by atoms with Crippen molar-refractivity contribution in [1.29, 1.82) is 0 Å². The number of hydrogen-bond donors (Lipinski definition) is 1. The second-order valence-corrected chi connectivity index (χ2v) is 6.49. The van der Waals surface area contributed by atoms with Gasteiger partial charge in [0, 0.05) is 6.04 Å². The summed E-state index contributed by atoms with van der Waals surface area (Å²) in [6.45, 7) is 11.2. The van der Waals surface area contributed by atoms with Crippen molar-refractivity contribution in [3.8, 4) is 0 Å². The van der Waals surface area contributed by atoms with Crippen LogP contribution < -0.4 is 5.32 Å². The van der Waals surface area contributed by atoms with E-state index in [1.54, 1.807) is 0 Å². The first-order chi connectivity index (χ1) is 8.38. The molecule has 18 heavy (non-hydrogen) atoms. The molecule has 0 saturated heterocycles. The molecule has 0 atom stereocenters. The summed E-state index contributed by atoms with van der Waals surface area (Å²) >= 11 is 6.25. The molecule has 0 unspecified atom stereocenters. The van der Waals surface area contributed by atoms with Crippen molar-refractivity contribution >= 4 is 17.3 Å². The summed E-state index contributed by atoms with van der Waals surface area (Å²) in [6, 6.07) is 6.66. The second kappa shape index (κ2) is 7.04. The fourth-order valence-electron chi connectivity index (χ4n) is 2.32. The van der Waals surface area contributed by atoms with Gasteiger partial charge in [0.05, 0.1) is 10.7 Å². The summed E-state index contributed by atoms with van der Waals surface area (Å²) in [5.41, 5.74) is 2.32. The lowest BCUT2D eigenvalue weighted by molar-refractivity contribution is 0.442. The van der Waals surface area contributed by atoms with Crippen molar-refractivity contribution in [2.75, 3.05) is 5.32 Å². The third-order valence-corrected chi connectivity index (χ3v) is 3.32. The highest BCUT2D eigenvalue weighted by Gasteiger charge is 2.14. The Hall–Kier alpha value is -0.690. The number of aryl methyl sites for hydroxylation is 1. The van der Waals surface area contributed by atoms with E-state index >= 15 is 0 Å². The second-order valence-electron chi connectivity index (χ2n) is 6.08. The lowest BCUT2D eigenvalue weighted by atomic mass is 9.95. The Labute approximate surface area is 117 Å². The first-order valence-electron chi connectivity index (χ1n) is 6.91. The topological polar surface area (TPSA) is 12.0 Å². The van der Waals surface area contributed by atoms with Crippen molar-refractivity contribution in [2.24, 2.45) is 11.8 Å². The van der Waals surface area contributed by atoms with Gasteiger partial charge in [-0.1, -0.05) is 45.4 Å². The largest absolute Gasteiger partial charge is 0.381 e. The van der Waals surface area contributed by atoms with Gasteiger partial charge in [-0.15, -0.1) is 0 Å². The molecule has 0 saturated carbocycles. The number of nitrogens with one attached hydrogen (secondary N) is 1. The first-order valence-corrected chi connectivity index (χ1v) is 7.29. The molecule has 0 radical (unpaired) electrons.